The average molecular weight is 201 g/mol. The molecule has 0 atom stereocenters. The molecule has 0 saturated heterocycles. The van der Waals surface area contributed by atoms with Crippen LogP contribution in [0.25, 0.3) is 0 Å². The summed E-state index contributed by atoms with van der Waals surface area (Å²) in [6.45, 7) is 3.47. The summed E-state index contributed by atoms with van der Waals surface area (Å²) in [6, 6.07) is 5.57. The molecule has 0 N–H and O–H groups in total. The molecule has 1 rings (SSSR count). The van der Waals surface area contributed by atoms with Crippen molar-refractivity contribution < 1.29 is 4.79 Å². The number of rotatable bonds is 1. The largest absolute Gasteiger partial charge is 0.287 e. The van der Waals surface area contributed by atoms with Crippen LogP contribution in [0, 0.1) is 6.92 Å². The quantitative estimate of drug-likeness (QED) is 0.648. The van der Waals surface area contributed by atoms with Gasteiger partial charge in [0.05, 0.1) is 0 Å². The highest BCUT2D eigenvalue weighted by Crippen LogP contribution is 2.23. The van der Waals surface area contributed by atoms with Crippen molar-refractivity contribution in [2.24, 2.45) is 0 Å². The minimum Gasteiger partial charge on any atom is -0.287 e. The molecule has 0 aromatic heterocycles. The van der Waals surface area contributed by atoms with Gasteiger partial charge < -0.3 is 0 Å². The first-order chi connectivity index (χ1) is 5.59. The van der Waals surface area contributed by atoms with Crippen molar-refractivity contribution in [2.75, 3.05) is 0 Å². The zero-order valence-electron chi connectivity index (χ0n) is 6.93. The van der Waals surface area contributed by atoms with E-state index in [1.807, 2.05) is 25.1 Å². The van der Waals surface area contributed by atoms with Gasteiger partial charge in [0.15, 0.2) is 5.12 Å². The van der Waals surface area contributed by atoms with Crippen molar-refractivity contribution in [2.45, 2.75) is 18.7 Å². The maximum atomic E-state index is 10.7. The Morgan fingerprint density at radius 1 is 1.50 bits per heavy atom. The first-order valence-corrected chi connectivity index (χ1v) is 4.73. The standard InChI is InChI=1S/C9H9ClOS/c1-6-5-8(12-7(2)11)3-4-9(6)10/h3-5H,1-2H3. The van der Waals surface area contributed by atoms with Gasteiger partial charge in [-0.2, -0.15) is 0 Å². The normalized spacial score (nSPS) is 9.92. The van der Waals surface area contributed by atoms with Gasteiger partial charge in [-0.3, -0.25) is 4.79 Å². The summed E-state index contributed by atoms with van der Waals surface area (Å²) in [4.78, 5) is 11.7. The lowest BCUT2D eigenvalue weighted by molar-refractivity contribution is -0.109. The highest BCUT2D eigenvalue weighted by molar-refractivity contribution is 8.13. The zero-order valence-corrected chi connectivity index (χ0v) is 8.50. The molecule has 0 aliphatic heterocycles. The molecule has 0 fully saturated rings. The fraction of sp³-hybridized carbons (Fsp3) is 0.222. The molecule has 1 nitrogen and oxygen atoms in total. The Kier molecular flexibility index (Phi) is 3.18. The van der Waals surface area contributed by atoms with Gasteiger partial charge in [-0.1, -0.05) is 23.4 Å². The molecule has 0 aliphatic rings. The molecule has 0 aliphatic carbocycles. The van der Waals surface area contributed by atoms with Gasteiger partial charge in [0.25, 0.3) is 0 Å². The summed E-state index contributed by atoms with van der Waals surface area (Å²) in [6.07, 6.45) is 0. The van der Waals surface area contributed by atoms with Crippen LogP contribution >= 0.6 is 23.4 Å². The molecule has 0 spiro atoms. The van der Waals surface area contributed by atoms with E-state index in [1.54, 1.807) is 6.92 Å². The van der Waals surface area contributed by atoms with E-state index in [-0.39, 0.29) is 5.12 Å². The van der Waals surface area contributed by atoms with Crippen molar-refractivity contribution in [1.82, 2.24) is 0 Å². The van der Waals surface area contributed by atoms with Crippen molar-refractivity contribution in [3.63, 3.8) is 0 Å². The van der Waals surface area contributed by atoms with Gasteiger partial charge in [0, 0.05) is 16.8 Å². The number of carbonyl (C=O) groups is 1. The van der Waals surface area contributed by atoms with Crippen LogP contribution in [-0.2, 0) is 4.79 Å². The molecular formula is C9H9ClOS. The van der Waals surface area contributed by atoms with E-state index in [9.17, 15) is 4.79 Å². The number of hydrogen-bond acceptors (Lipinski definition) is 2. The van der Waals surface area contributed by atoms with Crippen molar-refractivity contribution in [3.8, 4) is 0 Å². The van der Waals surface area contributed by atoms with E-state index in [2.05, 4.69) is 0 Å². The Labute approximate surface area is 81.1 Å². The number of aryl methyl sites for hydroxylation is 1. The smallest absolute Gasteiger partial charge is 0.190 e. The predicted octanol–water partition coefficient (Wildman–Crippen LogP) is 3.29. The molecule has 0 saturated carbocycles. The van der Waals surface area contributed by atoms with E-state index < -0.39 is 0 Å². The van der Waals surface area contributed by atoms with Crippen molar-refractivity contribution in [3.05, 3.63) is 28.8 Å². The lowest BCUT2D eigenvalue weighted by Gasteiger charge is -2.00. The third kappa shape index (κ3) is 2.54. The average Bonchev–Trinajstić information content (AvgIpc) is 1.96. The molecule has 0 unspecified atom stereocenters. The van der Waals surface area contributed by atoms with Crippen LogP contribution in [0.3, 0.4) is 0 Å². The topological polar surface area (TPSA) is 17.1 Å². The van der Waals surface area contributed by atoms with E-state index >= 15 is 0 Å². The fourth-order valence-electron chi connectivity index (χ4n) is 0.847. The minimum absolute atomic E-state index is 0.0942. The number of halogens is 1. The molecule has 0 radical (unpaired) electrons. The van der Waals surface area contributed by atoms with Gasteiger partial charge in [0.1, 0.15) is 0 Å². The summed E-state index contributed by atoms with van der Waals surface area (Å²) in [5.74, 6) is 0. The van der Waals surface area contributed by atoms with Crippen LogP contribution in [0.4, 0.5) is 0 Å². The highest BCUT2D eigenvalue weighted by atomic mass is 35.5. The molecule has 0 bridgehead atoms. The Morgan fingerprint density at radius 2 is 2.17 bits per heavy atom. The Balaban J connectivity index is 2.89. The van der Waals surface area contributed by atoms with E-state index in [1.165, 1.54) is 11.8 Å². The van der Waals surface area contributed by atoms with E-state index in [0.717, 1.165) is 15.5 Å². The summed E-state index contributed by atoms with van der Waals surface area (Å²) in [5.41, 5.74) is 1.00. The monoisotopic (exact) mass is 200 g/mol. The second-order valence-corrected chi connectivity index (χ2v) is 4.16. The Morgan fingerprint density at radius 3 is 2.67 bits per heavy atom. The van der Waals surface area contributed by atoms with Crippen LogP contribution < -0.4 is 0 Å². The molecule has 1 aromatic rings. The molecule has 1 aromatic carbocycles. The van der Waals surface area contributed by atoms with Crippen LogP contribution in [0.15, 0.2) is 23.1 Å². The third-order valence-corrected chi connectivity index (χ3v) is 2.59. The molecule has 0 amide bonds. The van der Waals surface area contributed by atoms with Crippen LogP contribution in [0.5, 0.6) is 0 Å². The molecular weight excluding hydrogens is 192 g/mol. The predicted molar refractivity (Wildman–Crippen MR) is 52.7 cm³/mol. The van der Waals surface area contributed by atoms with Gasteiger partial charge in [-0.15, -0.1) is 0 Å². The maximum absolute atomic E-state index is 10.7. The summed E-state index contributed by atoms with van der Waals surface area (Å²) >= 11 is 7.05. The third-order valence-electron chi connectivity index (χ3n) is 1.39. The lowest BCUT2D eigenvalue weighted by Crippen LogP contribution is -1.82. The van der Waals surface area contributed by atoms with Gasteiger partial charge in [-0.25, -0.2) is 0 Å². The molecule has 12 heavy (non-hydrogen) atoms. The summed E-state index contributed by atoms with van der Waals surface area (Å²) in [5, 5.41) is 0.833. The number of carbonyl (C=O) groups excluding carboxylic acids is 1. The highest BCUT2D eigenvalue weighted by Gasteiger charge is 2.00. The van der Waals surface area contributed by atoms with Crippen LogP contribution in [0.1, 0.15) is 12.5 Å². The van der Waals surface area contributed by atoms with Gasteiger partial charge in [-0.05, 0) is 30.7 Å². The molecule has 64 valence electrons. The molecule has 0 heterocycles. The maximum Gasteiger partial charge on any atom is 0.190 e. The number of thioether (sulfide) groups is 1. The van der Waals surface area contributed by atoms with Gasteiger partial charge in [0.2, 0.25) is 0 Å². The fourth-order valence-corrected chi connectivity index (χ4v) is 1.67. The Bertz CT molecular complexity index is 309. The zero-order chi connectivity index (χ0) is 9.14. The van der Waals surface area contributed by atoms with E-state index in [0.29, 0.717) is 0 Å². The van der Waals surface area contributed by atoms with Crippen molar-refractivity contribution >= 4 is 28.5 Å². The van der Waals surface area contributed by atoms with E-state index in [4.69, 9.17) is 11.6 Å². The SMILES string of the molecule is CC(=O)Sc1ccc(Cl)c(C)c1. The summed E-state index contributed by atoms with van der Waals surface area (Å²) in [7, 11) is 0. The first kappa shape index (κ1) is 9.62. The number of hydrogen-bond donors (Lipinski definition) is 0. The first-order valence-electron chi connectivity index (χ1n) is 3.54. The lowest BCUT2D eigenvalue weighted by atomic mass is 10.2. The minimum atomic E-state index is 0.0942. The van der Waals surface area contributed by atoms with Gasteiger partial charge >= 0.3 is 0 Å². The second-order valence-electron chi connectivity index (χ2n) is 2.50. The number of benzene rings is 1. The molecule has 3 heteroatoms. The van der Waals surface area contributed by atoms with Crippen LogP contribution in [0.2, 0.25) is 5.02 Å². The second kappa shape index (κ2) is 3.97. The Hall–Kier alpha value is -0.470. The summed E-state index contributed by atoms with van der Waals surface area (Å²) < 4.78 is 0. The van der Waals surface area contributed by atoms with Crippen LogP contribution in [-0.4, -0.2) is 5.12 Å². The van der Waals surface area contributed by atoms with Crippen molar-refractivity contribution in [1.29, 1.82) is 0 Å².